The molecule has 1 aliphatic heterocycles. The maximum atomic E-state index is 12.1. The first-order valence-corrected chi connectivity index (χ1v) is 6.93. The molecule has 1 atom stereocenters. The van der Waals surface area contributed by atoms with Gasteiger partial charge in [0.25, 0.3) is 0 Å². The normalized spacial score (nSPS) is 21.6. The molecular formula is C12H20IN3O2. The minimum absolute atomic E-state index is 0.0468. The first-order chi connectivity index (χ1) is 8.24. The van der Waals surface area contributed by atoms with E-state index in [9.17, 15) is 4.79 Å². The molecule has 1 unspecified atom stereocenters. The van der Waals surface area contributed by atoms with Gasteiger partial charge in [-0.3, -0.25) is 9.89 Å². The Morgan fingerprint density at radius 1 is 1.61 bits per heavy atom. The minimum Gasteiger partial charge on any atom is -0.444 e. The molecule has 5 nitrogen and oxygen atoms in total. The standard InChI is InChI=1S/C12H20IN3O2/c1-8-6-15-10(9(13)5-14)7-16(8)11(17)18-12(2,3)4/h5,8H,6-7,14H2,1-4H3. The summed E-state index contributed by atoms with van der Waals surface area (Å²) in [6.07, 6.45) is 1.20. The van der Waals surface area contributed by atoms with Crippen LogP contribution in [0.1, 0.15) is 27.7 Å². The van der Waals surface area contributed by atoms with Gasteiger partial charge >= 0.3 is 6.09 Å². The summed E-state index contributed by atoms with van der Waals surface area (Å²) in [5.74, 6) is 0. The van der Waals surface area contributed by atoms with Crippen LogP contribution in [0.5, 0.6) is 0 Å². The molecule has 1 aliphatic rings. The van der Waals surface area contributed by atoms with Crippen LogP contribution in [0.4, 0.5) is 4.79 Å². The van der Waals surface area contributed by atoms with Crippen molar-refractivity contribution in [2.45, 2.75) is 39.3 Å². The van der Waals surface area contributed by atoms with E-state index in [1.54, 1.807) is 4.90 Å². The number of ether oxygens (including phenoxy) is 1. The zero-order valence-corrected chi connectivity index (χ0v) is 13.4. The molecule has 2 N–H and O–H groups in total. The van der Waals surface area contributed by atoms with Gasteiger partial charge in [0.2, 0.25) is 0 Å². The number of halogens is 1. The average Bonchev–Trinajstić information content (AvgIpc) is 2.26. The van der Waals surface area contributed by atoms with Crippen LogP contribution >= 0.6 is 22.6 Å². The number of nitrogens with zero attached hydrogens (tertiary/aromatic N) is 2. The SMILES string of the molecule is CC1CN=C(C(I)=CN)CN1C(=O)OC(C)(C)C. The Morgan fingerprint density at radius 3 is 2.72 bits per heavy atom. The highest BCUT2D eigenvalue weighted by atomic mass is 127. The van der Waals surface area contributed by atoms with Gasteiger partial charge < -0.3 is 10.5 Å². The molecule has 0 aromatic rings. The van der Waals surface area contributed by atoms with Crippen molar-refractivity contribution in [3.05, 3.63) is 9.78 Å². The van der Waals surface area contributed by atoms with E-state index in [1.165, 1.54) is 6.20 Å². The summed E-state index contributed by atoms with van der Waals surface area (Å²) in [5, 5.41) is 0. The molecular weight excluding hydrogens is 345 g/mol. The smallest absolute Gasteiger partial charge is 0.410 e. The fraction of sp³-hybridized carbons (Fsp3) is 0.667. The molecule has 1 heterocycles. The van der Waals surface area contributed by atoms with Crippen LogP contribution in [0.25, 0.3) is 0 Å². The Balaban J connectivity index is 2.78. The summed E-state index contributed by atoms with van der Waals surface area (Å²) >= 11 is 2.12. The maximum Gasteiger partial charge on any atom is 0.410 e. The predicted octanol–water partition coefficient (Wildman–Crippen LogP) is 2.30. The van der Waals surface area contributed by atoms with E-state index < -0.39 is 5.60 Å². The fourth-order valence-corrected chi connectivity index (χ4v) is 1.86. The van der Waals surface area contributed by atoms with Crippen molar-refractivity contribution in [2.75, 3.05) is 13.1 Å². The number of nitrogens with two attached hydrogens (primary N) is 1. The number of amides is 1. The second-order valence-corrected chi connectivity index (χ2v) is 6.42. The van der Waals surface area contributed by atoms with Crippen molar-refractivity contribution in [2.24, 2.45) is 10.7 Å². The quantitative estimate of drug-likeness (QED) is 0.725. The van der Waals surface area contributed by atoms with Crippen LogP contribution in [-0.2, 0) is 4.74 Å². The van der Waals surface area contributed by atoms with Crippen molar-refractivity contribution < 1.29 is 9.53 Å². The van der Waals surface area contributed by atoms with E-state index >= 15 is 0 Å². The van der Waals surface area contributed by atoms with Crippen molar-refractivity contribution in [3.8, 4) is 0 Å². The average molecular weight is 365 g/mol. The van der Waals surface area contributed by atoms with Gasteiger partial charge in [0.1, 0.15) is 5.60 Å². The number of carbonyl (C=O) groups excluding carboxylic acids is 1. The van der Waals surface area contributed by atoms with Crippen molar-refractivity contribution in [1.29, 1.82) is 0 Å². The summed E-state index contributed by atoms with van der Waals surface area (Å²) < 4.78 is 6.26. The number of carbonyl (C=O) groups is 1. The molecule has 0 aliphatic carbocycles. The molecule has 102 valence electrons. The maximum absolute atomic E-state index is 12.1. The molecule has 0 fully saturated rings. The first-order valence-electron chi connectivity index (χ1n) is 5.85. The number of aliphatic imine (C=N–C) groups is 1. The molecule has 18 heavy (non-hydrogen) atoms. The van der Waals surface area contributed by atoms with Gasteiger partial charge in [-0.2, -0.15) is 0 Å². The largest absolute Gasteiger partial charge is 0.444 e. The predicted molar refractivity (Wildman–Crippen MR) is 81.0 cm³/mol. The van der Waals surface area contributed by atoms with E-state index in [1.807, 2.05) is 27.7 Å². The third-order valence-corrected chi connectivity index (χ3v) is 3.43. The van der Waals surface area contributed by atoms with E-state index in [0.717, 1.165) is 9.29 Å². The number of rotatable bonds is 1. The molecule has 0 bridgehead atoms. The van der Waals surface area contributed by atoms with Gasteiger partial charge in [-0.05, 0) is 50.3 Å². The van der Waals surface area contributed by atoms with Crippen LogP contribution in [0.3, 0.4) is 0 Å². The summed E-state index contributed by atoms with van der Waals surface area (Å²) in [6.45, 7) is 8.56. The van der Waals surface area contributed by atoms with E-state index in [4.69, 9.17) is 10.5 Å². The van der Waals surface area contributed by atoms with Gasteiger partial charge in [-0.1, -0.05) is 0 Å². The molecule has 1 rings (SSSR count). The molecule has 0 radical (unpaired) electrons. The Morgan fingerprint density at radius 2 is 2.22 bits per heavy atom. The first kappa shape index (κ1) is 15.3. The molecule has 6 heteroatoms. The van der Waals surface area contributed by atoms with E-state index in [0.29, 0.717) is 13.1 Å². The summed E-state index contributed by atoms with van der Waals surface area (Å²) in [5.41, 5.74) is 5.83. The molecule has 0 spiro atoms. The Bertz CT molecular complexity index is 385. The second-order valence-electron chi connectivity index (χ2n) is 5.26. The molecule has 0 aromatic carbocycles. The molecule has 0 aromatic heterocycles. The lowest BCUT2D eigenvalue weighted by molar-refractivity contribution is 0.0209. The summed E-state index contributed by atoms with van der Waals surface area (Å²) in [6, 6.07) is 0.0468. The lowest BCUT2D eigenvalue weighted by atomic mass is 10.2. The summed E-state index contributed by atoms with van der Waals surface area (Å²) in [4.78, 5) is 18.2. The third kappa shape index (κ3) is 4.15. The minimum atomic E-state index is -0.484. The molecule has 0 saturated heterocycles. The van der Waals surface area contributed by atoms with Gasteiger partial charge in [0.15, 0.2) is 0 Å². The van der Waals surface area contributed by atoms with Crippen molar-refractivity contribution in [1.82, 2.24) is 4.90 Å². The van der Waals surface area contributed by atoms with Crippen LogP contribution in [0.2, 0.25) is 0 Å². The van der Waals surface area contributed by atoms with Gasteiger partial charge in [0, 0.05) is 6.20 Å². The fourth-order valence-electron chi connectivity index (χ4n) is 1.52. The number of hydrogen-bond donors (Lipinski definition) is 1. The van der Waals surface area contributed by atoms with Gasteiger partial charge in [-0.15, -0.1) is 0 Å². The topological polar surface area (TPSA) is 67.9 Å². The van der Waals surface area contributed by atoms with Crippen LogP contribution < -0.4 is 5.73 Å². The van der Waals surface area contributed by atoms with E-state index in [2.05, 4.69) is 27.6 Å². The number of hydrogen-bond acceptors (Lipinski definition) is 4. The lowest BCUT2D eigenvalue weighted by Gasteiger charge is -2.34. The molecule has 1 amide bonds. The zero-order chi connectivity index (χ0) is 13.9. The zero-order valence-electron chi connectivity index (χ0n) is 11.2. The van der Waals surface area contributed by atoms with Crippen LogP contribution in [-0.4, -0.2) is 41.4 Å². The Hall–Kier alpha value is -0.790. The van der Waals surface area contributed by atoms with Crippen LogP contribution in [0, 0.1) is 0 Å². The van der Waals surface area contributed by atoms with E-state index in [-0.39, 0.29) is 12.1 Å². The monoisotopic (exact) mass is 365 g/mol. The Labute approximate surface area is 122 Å². The van der Waals surface area contributed by atoms with Crippen LogP contribution in [0.15, 0.2) is 14.8 Å². The lowest BCUT2D eigenvalue weighted by Crippen LogP contribution is -2.48. The third-order valence-electron chi connectivity index (χ3n) is 2.45. The highest BCUT2D eigenvalue weighted by Gasteiger charge is 2.29. The Kier molecular flexibility index (Phi) is 5.01. The van der Waals surface area contributed by atoms with Gasteiger partial charge in [0.05, 0.1) is 28.4 Å². The van der Waals surface area contributed by atoms with Crippen molar-refractivity contribution in [3.63, 3.8) is 0 Å². The molecule has 0 saturated carbocycles. The van der Waals surface area contributed by atoms with Crippen molar-refractivity contribution >= 4 is 34.4 Å². The van der Waals surface area contributed by atoms with Gasteiger partial charge in [-0.25, -0.2) is 4.79 Å². The second kappa shape index (κ2) is 5.90. The highest BCUT2D eigenvalue weighted by Crippen LogP contribution is 2.18. The highest BCUT2D eigenvalue weighted by molar-refractivity contribution is 14.1. The summed E-state index contributed by atoms with van der Waals surface area (Å²) in [7, 11) is 0.